The number of nitro benzene ring substituents is 3. The average molecular weight is 628 g/mol. The number of hydrogen-bond donors (Lipinski definition) is 1. The molecular formula is C25H18BrN5O10. The van der Waals surface area contributed by atoms with Gasteiger partial charge in [-0.05, 0) is 58.8 Å². The molecule has 3 rings (SSSR count). The van der Waals surface area contributed by atoms with E-state index in [1.165, 1.54) is 37.5 Å². The van der Waals surface area contributed by atoms with Crippen molar-refractivity contribution in [3.8, 4) is 29.1 Å². The first-order chi connectivity index (χ1) is 19.5. The third-order valence-electron chi connectivity index (χ3n) is 5.21. The summed E-state index contributed by atoms with van der Waals surface area (Å²) < 4.78 is 16.7. The van der Waals surface area contributed by atoms with E-state index in [0.29, 0.717) is 0 Å². The van der Waals surface area contributed by atoms with E-state index in [2.05, 4.69) is 21.2 Å². The molecule has 16 heteroatoms. The Bertz CT molecular complexity index is 1630. The monoisotopic (exact) mass is 627 g/mol. The topological polar surface area (TPSA) is 210 Å². The van der Waals surface area contributed by atoms with Gasteiger partial charge in [0.05, 0.1) is 44.7 Å². The molecule has 3 aromatic carbocycles. The Balaban J connectivity index is 1.99. The summed E-state index contributed by atoms with van der Waals surface area (Å²) >= 11 is 3.29. The summed E-state index contributed by atoms with van der Waals surface area (Å²) in [4.78, 5) is 44.3. The van der Waals surface area contributed by atoms with E-state index in [4.69, 9.17) is 14.2 Å². The second-order valence-electron chi connectivity index (χ2n) is 7.80. The zero-order valence-electron chi connectivity index (χ0n) is 21.2. The highest BCUT2D eigenvalue weighted by Gasteiger charge is 2.24. The van der Waals surface area contributed by atoms with Gasteiger partial charge < -0.3 is 19.5 Å². The standard InChI is InChI=1S/C25H18BrN5O10/c1-3-40-23-10-14(8-15(13-27)25(32)28-19-11-16(29(33)34)4-6-21(19)39-2)9-18(26)24(23)41-22-7-5-17(30(35)36)12-20(22)31(37)38/h4-12H,3H2,1-2H3,(H,28,32)/b15-8+. The second-order valence-corrected chi connectivity index (χ2v) is 8.65. The quantitative estimate of drug-likeness (QED) is 0.114. The second kappa shape index (κ2) is 13.0. The van der Waals surface area contributed by atoms with Gasteiger partial charge in [-0.2, -0.15) is 5.26 Å². The maximum atomic E-state index is 12.9. The lowest BCUT2D eigenvalue weighted by molar-refractivity contribution is -0.394. The van der Waals surface area contributed by atoms with Gasteiger partial charge in [0.2, 0.25) is 5.75 Å². The minimum absolute atomic E-state index is 0.00903. The molecule has 1 N–H and O–H groups in total. The number of amides is 1. The van der Waals surface area contributed by atoms with Gasteiger partial charge in [-0.3, -0.25) is 35.1 Å². The van der Waals surface area contributed by atoms with Crippen LogP contribution in [-0.2, 0) is 4.79 Å². The van der Waals surface area contributed by atoms with Gasteiger partial charge in [-0.25, -0.2) is 0 Å². The van der Waals surface area contributed by atoms with Crippen molar-refractivity contribution in [2.75, 3.05) is 19.0 Å². The van der Waals surface area contributed by atoms with Crippen molar-refractivity contribution in [1.29, 1.82) is 5.26 Å². The summed E-state index contributed by atoms with van der Waals surface area (Å²) in [6, 6.07) is 11.0. The number of halogens is 1. The Labute approximate surface area is 239 Å². The van der Waals surface area contributed by atoms with E-state index in [9.17, 15) is 40.4 Å². The smallest absolute Gasteiger partial charge is 0.318 e. The zero-order valence-corrected chi connectivity index (χ0v) is 22.7. The molecule has 0 saturated carbocycles. The van der Waals surface area contributed by atoms with Gasteiger partial charge in [-0.15, -0.1) is 0 Å². The van der Waals surface area contributed by atoms with Crippen molar-refractivity contribution in [3.05, 3.63) is 94.5 Å². The third kappa shape index (κ3) is 7.10. The lowest BCUT2D eigenvalue weighted by atomic mass is 10.1. The Morgan fingerprint density at radius 3 is 2.17 bits per heavy atom. The fraction of sp³-hybridized carbons (Fsp3) is 0.120. The van der Waals surface area contributed by atoms with Gasteiger partial charge in [0.1, 0.15) is 17.4 Å². The summed E-state index contributed by atoms with van der Waals surface area (Å²) in [5.74, 6) is -0.996. The van der Waals surface area contributed by atoms with Gasteiger partial charge in [-0.1, -0.05) is 0 Å². The number of nitrogens with one attached hydrogen (secondary N) is 1. The lowest BCUT2D eigenvalue weighted by Crippen LogP contribution is -2.14. The molecule has 15 nitrogen and oxygen atoms in total. The fourth-order valence-corrected chi connectivity index (χ4v) is 3.94. The Morgan fingerprint density at radius 1 is 0.976 bits per heavy atom. The number of carbonyl (C=O) groups is 1. The van der Waals surface area contributed by atoms with Crippen molar-refractivity contribution in [3.63, 3.8) is 0 Å². The number of anilines is 1. The lowest BCUT2D eigenvalue weighted by Gasteiger charge is -2.15. The maximum Gasteiger partial charge on any atom is 0.318 e. The van der Waals surface area contributed by atoms with E-state index < -0.39 is 32.1 Å². The van der Waals surface area contributed by atoms with Gasteiger partial charge in [0.15, 0.2) is 11.5 Å². The molecule has 0 aromatic heterocycles. The molecule has 0 heterocycles. The molecule has 210 valence electrons. The number of carbonyl (C=O) groups excluding carboxylic acids is 1. The van der Waals surface area contributed by atoms with E-state index >= 15 is 0 Å². The number of nitriles is 1. The zero-order chi connectivity index (χ0) is 30.3. The highest BCUT2D eigenvalue weighted by atomic mass is 79.9. The number of methoxy groups -OCH3 is 1. The number of nitro groups is 3. The summed E-state index contributed by atoms with van der Waals surface area (Å²) in [5.41, 5.74) is -1.59. The van der Waals surface area contributed by atoms with Gasteiger partial charge >= 0.3 is 5.69 Å². The van der Waals surface area contributed by atoms with Crippen molar-refractivity contribution in [1.82, 2.24) is 0 Å². The normalized spacial score (nSPS) is 10.7. The molecule has 0 atom stereocenters. The first-order valence-corrected chi connectivity index (χ1v) is 12.1. The summed E-state index contributed by atoms with van der Waals surface area (Å²) in [5, 5.41) is 45.7. The predicted octanol–water partition coefficient (Wildman–Crippen LogP) is 5.92. The molecule has 0 fully saturated rings. The number of hydrogen-bond acceptors (Lipinski definition) is 11. The fourth-order valence-electron chi connectivity index (χ4n) is 3.40. The number of nitrogens with zero attached hydrogens (tertiary/aromatic N) is 4. The Morgan fingerprint density at radius 2 is 1.61 bits per heavy atom. The van der Waals surface area contributed by atoms with Crippen LogP contribution in [0.2, 0.25) is 0 Å². The van der Waals surface area contributed by atoms with Crippen LogP contribution in [0.4, 0.5) is 22.7 Å². The minimum atomic E-state index is -0.887. The largest absolute Gasteiger partial charge is 0.495 e. The molecule has 0 aliphatic carbocycles. The van der Waals surface area contributed by atoms with Gasteiger partial charge in [0.25, 0.3) is 17.3 Å². The number of rotatable bonds is 11. The first-order valence-electron chi connectivity index (χ1n) is 11.3. The van der Waals surface area contributed by atoms with Crippen LogP contribution in [0, 0.1) is 41.7 Å². The summed E-state index contributed by atoms with van der Waals surface area (Å²) in [6.45, 7) is 1.80. The molecule has 0 spiro atoms. The molecule has 0 aliphatic heterocycles. The molecule has 3 aromatic rings. The molecule has 0 saturated heterocycles. The van der Waals surface area contributed by atoms with Crippen LogP contribution >= 0.6 is 15.9 Å². The molecule has 0 unspecified atom stereocenters. The Kier molecular flexibility index (Phi) is 9.50. The average Bonchev–Trinajstić information content (AvgIpc) is 2.93. The maximum absolute atomic E-state index is 12.9. The van der Waals surface area contributed by atoms with Gasteiger partial charge in [0, 0.05) is 18.2 Å². The number of benzene rings is 3. The highest BCUT2D eigenvalue weighted by molar-refractivity contribution is 9.10. The van der Waals surface area contributed by atoms with Crippen molar-refractivity contribution < 1.29 is 33.8 Å². The van der Waals surface area contributed by atoms with E-state index in [1.54, 1.807) is 13.0 Å². The number of non-ortho nitro benzene ring substituents is 2. The van der Waals surface area contributed by atoms with Crippen LogP contribution in [0.25, 0.3) is 6.08 Å². The first kappa shape index (κ1) is 30.0. The molecular weight excluding hydrogens is 610 g/mol. The summed E-state index contributed by atoms with van der Waals surface area (Å²) in [6.07, 6.45) is 1.21. The van der Waals surface area contributed by atoms with Crippen LogP contribution < -0.4 is 19.5 Å². The highest BCUT2D eigenvalue weighted by Crippen LogP contribution is 2.43. The molecule has 0 bridgehead atoms. The predicted molar refractivity (Wildman–Crippen MR) is 147 cm³/mol. The van der Waals surface area contributed by atoms with Crippen LogP contribution in [0.5, 0.6) is 23.0 Å². The van der Waals surface area contributed by atoms with Crippen LogP contribution in [0.3, 0.4) is 0 Å². The van der Waals surface area contributed by atoms with Crippen LogP contribution in [-0.4, -0.2) is 34.4 Å². The van der Waals surface area contributed by atoms with Crippen molar-refractivity contribution >= 4 is 50.7 Å². The number of ether oxygens (including phenoxy) is 3. The van der Waals surface area contributed by atoms with Crippen molar-refractivity contribution in [2.45, 2.75) is 6.92 Å². The molecule has 1 amide bonds. The summed E-state index contributed by atoms with van der Waals surface area (Å²) in [7, 11) is 1.31. The minimum Gasteiger partial charge on any atom is -0.495 e. The van der Waals surface area contributed by atoms with Crippen molar-refractivity contribution in [2.24, 2.45) is 0 Å². The van der Waals surface area contributed by atoms with E-state index in [1.807, 2.05) is 0 Å². The molecule has 41 heavy (non-hydrogen) atoms. The van der Waals surface area contributed by atoms with Crippen LogP contribution in [0.1, 0.15) is 12.5 Å². The Hall–Kier alpha value is -5.56. The third-order valence-corrected chi connectivity index (χ3v) is 5.80. The molecule has 0 radical (unpaired) electrons. The van der Waals surface area contributed by atoms with Crippen LogP contribution in [0.15, 0.2) is 58.6 Å². The van der Waals surface area contributed by atoms with E-state index in [0.717, 1.165) is 24.3 Å². The SMILES string of the molecule is CCOc1cc(/C=C(\C#N)C(=O)Nc2cc([N+](=O)[O-])ccc2OC)cc(Br)c1Oc1ccc([N+](=O)[O-])cc1[N+](=O)[O-]. The molecule has 0 aliphatic rings. The van der Waals surface area contributed by atoms with E-state index in [-0.39, 0.29) is 56.6 Å².